The second-order valence-corrected chi connectivity index (χ2v) is 5.34. The first-order valence-electron chi connectivity index (χ1n) is 5.87. The van der Waals surface area contributed by atoms with E-state index in [2.05, 4.69) is 31.3 Å². The van der Waals surface area contributed by atoms with Crippen LogP contribution in [0, 0.1) is 6.92 Å². The summed E-state index contributed by atoms with van der Waals surface area (Å²) in [7, 11) is 1.81. The summed E-state index contributed by atoms with van der Waals surface area (Å²) in [4.78, 5) is 1.26. The highest BCUT2D eigenvalue weighted by Crippen LogP contribution is 2.25. The van der Waals surface area contributed by atoms with Crippen molar-refractivity contribution in [1.29, 1.82) is 0 Å². The van der Waals surface area contributed by atoms with Crippen LogP contribution < -0.4 is 5.73 Å². The summed E-state index contributed by atoms with van der Waals surface area (Å²) in [6, 6.07) is 4.14. The maximum Gasteiger partial charge on any atom is 0.169 e. The molecule has 0 atom stereocenters. The number of rotatable bonds is 3. The first-order chi connectivity index (χ1) is 9.16. The van der Waals surface area contributed by atoms with Gasteiger partial charge in [-0.3, -0.25) is 4.68 Å². The lowest BCUT2D eigenvalue weighted by Crippen LogP contribution is -2.04. The number of thiophene rings is 1. The zero-order valence-corrected chi connectivity index (χ0v) is 11.6. The van der Waals surface area contributed by atoms with Gasteiger partial charge in [0, 0.05) is 11.9 Å². The molecule has 0 aliphatic carbocycles. The normalized spacial score (nSPS) is 11.1. The van der Waals surface area contributed by atoms with Crippen LogP contribution >= 0.6 is 11.3 Å². The van der Waals surface area contributed by atoms with Crippen LogP contribution in [0.15, 0.2) is 23.7 Å². The van der Waals surface area contributed by atoms with Crippen LogP contribution in [0.2, 0.25) is 0 Å². The van der Waals surface area contributed by atoms with Gasteiger partial charge in [-0.15, -0.1) is 21.5 Å². The van der Waals surface area contributed by atoms with Gasteiger partial charge in [0.2, 0.25) is 0 Å². The van der Waals surface area contributed by atoms with Gasteiger partial charge in [-0.05, 0) is 18.4 Å². The van der Waals surface area contributed by atoms with E-state index in [-0.39, 0.29) is 0 Å². The van der Waals surface area contributed by atoms with Gasteiger partial charge in [-0.1, -0.05) is 6.07 Å². The van der Waals surface area contributed by atoms with E-state index in [1.165, 1.54) is 4.88 Å². The molecule has 0 unspecified atom stereocenters. The van der Waals surface area contributed by atoms with Crippen LogP contribution in [0.3, 0.4) is 0 Å². The molecule has 3 rings (SSSR count). The molecule has 3 aromatic rings. The van der Waals surface area contributed by atoms with E-state index < -0.39 is 0 Å². The largest absolute Gasteiger partial charge is 0.383 e. The summed E-state index contributed by atoms with van der Waals surface area (Å²) in [5.41, 5.74) is 6.83. The molecule has 7 heteroatoms. The van der Waals surface area contributed by atoms with E-state index in [1.54, 1.807) is 22.2 Å². The Bertz CT molecular complexity index is 694. The van der Waals surface area contributed by atoms with Crippen LogP contribution in [0.1, 0.15) is 10.7 Å². The number of nitrogens with two attached hydrogens (primary N) is 1. The molecule has 0 aromatic carbocycles. The van der Waals surface area contributed by atoms with Crippen molar-refractivity contribution in [3.63, 3.8) is 0 Å². The molecule has 0 spiro atoms. The molecular weight excluding hydrogens is 260 g/mol. The van der Waals surface area contributed by atoms with Crippen molar-refractivity contribution in [2.75, 3.05) is 5.73 Å². The Morgan fingerprint density at radius 1 is 1.37 bits per heavy atom. The van der Waals surface area contributed by atoms with Gasteiger partial charge in [0.05, 0.1) is 18.3 Å². The second kappa shape index (κ2) is 4.51. The van der Waals surface area contributed by atoms with E-state index in [9.17, 15) is 0 Å². The third-order valence-corrected chi connectivity index (χ3v) is 3.92. The predicted molar refractivity (Wildman–Crippen MR) is 74.8 cm³/mol. The Kier molecular flexibility index (Phi) is 2.83. The molecule has 3 aromatic heterocycles. The maximum absolute atomic E-state index is 6.01. The van der Waals surface area contributed by atoms with Gasteiger partial charge in [0.1, 0.15) is 11.6 Å². The molecule has 0 aliphatic heterocycles. The minimum Gasteiger partial charge on any atom is -0.383 e. The van der Waals surface area contributed by atoms with Crippen molar-refractivity contribution in [2.45, 2.75) is 13.5 Å². The van der Waals surface area contributed by atoms with Crippen molar-refractivity contribution in [2.24, 2.45) is 7.05 Å². The summed E-state index contributed by atoms with van der Waals surface area (Å²) in [5, 5.41) is 14.6. The molecule has 98 valence electrons. The van der Waals surface area contributed by atoms with Gasteiger partial charge in [-0.25, -0.2) is 0 Å². The van der Waals surface area contributed by atoms with Crippen molar-refractivity contribution >= 4 is 17.2 Å². The first-order valence-corrected chi connectivity index (χ1v) is 6.75. The van der Waals surface area contributed by atoms with E-state index >= 15 is 0 Å². The van der Waals surface area contributed by atoms with Crippen molar-refractivity contribution in [1.82, 2.24) is 24.5 Å². The molecule has 6 nitrogen and oxygen atoms in total. The van der Waals surface area contributed by atoms with Crippen molar-refractivity contribution in [3.05, 3.63) is 34.4 Å². The number of aromatic nitrogens is 5. The third kappa shape index (κ3) is 2.01. The van der Waals surface area contributed by atoms with Crippen LogP contribution in [0.5, 0.6) is 0 Å². The highest BCUT2D eigenvalue weighted by Gasteiger charge is 2.16. The van der Waals surface area contributed by atoms with Crippen LogP contribution in [0.4, 0.5) is 5.82 Å². The standard InChI is InChI=1S/C12H14N6S/c1-8-15-16-12(10-6-14-17(2)11(10)13)18(8)7-9-4-3-5-19-9/h3-6H,7,13H2,1-2H3. The van der Waals surface area contributed by atoms with Crippen LogP contribution in [-0.2, 0) is 13.6 Å². The van der Waals surface area contributed by atoms with Gasteiger partial charge in [-0.2, -0.15) is 5.10 Å². The topological polar surface area (TPSA) is 74.6 Å². The Morgan fingerprint density at radius 2 is 2.21 bits per heavy atom. The molecule has 0 fully saturated rings. The molecule has 3 heterocycles. The lowest BCUT2D eigenvalue weighted by atomic mass is 10.3. The van der Waals surface area contributed by atoms with E-state index in [1.807, 2.05) is 20.0 Å². The molecule has 0 bridgehead atoms. The molecule has 0 amide bonds. The fourth-order valence-electron chi connectivity index (χ4n) is 1.95. The number of hydrogen-bond acceptors (Lipinski definition) is 5. The highest BCUT2D eigenvalue weighted by atomic mass is 32.1. The van der Waals surface area contributed by atoms with Crippen LogP contribution in [-0.4, -0.2) is 24.5 Å². The maximum atomic E-state index is 6.01. The van der Waals surface area contributed by atoms with Gasteiger partial charge in [0.25, 0.3) is 0 Å². The quantitative estimate of drug-likeness (QED) is 0.788. The number of hydrogen-bond donors (Lipinski definition) is 1. The molecule has 0 aliphatic rings. The summed E-state index contributed by atoms with van der Waals surface area (Å²) >= 11 is 1.71. The Hall–Kier alpha value is -2.15. The fraction of sp³-hybridized carbons (Fsp3) is 0.250. The predicted octanol–water partition coefficient (Wildman–Crippen LogP) is 1.68. The third-order valence-electron chi connectivity index (χ3n) is 3.06. The molecule has 2 N–H and O–H groups in total. The second-order valence-electron chi connectivity index (χ2n) is 4.30. The fourth-order valence-corrected chi connectivity index (χ4v) is 2.64. The van der Waals surface area contributed by atoms with E-state index in [4.69, 9.17) is 5.73 Å². The first kappa shape index (κ1) is 11.9. The number of aryl methyl sites for hydroxylation is 2. The van der Waals surface area contributed by atoms with Crippen molar-refractivity contribution in [3.8, 4) is 11.4 Å². The minimum absolute atomic E-state index is 0.597. The minimum atomic E-state index is 0.597. The summed E-state index contributed by atoms with van der Waals surface area (Å²) < 4.78 is 3.69. The van der Waals surface area contributed by atoms with Gasteiger partial charge < -0.3 is 10.3 Å². The molecule has 0 radical (unpaired) electrons. The Balaban J connectivity index is 2.06. The molecule has 0 saturated heterocycles. The number of anilines is 1. The monoisotopic (exact) mass is 274 g/mol. The van der Waals surface area contributed by atoms with Crippen molar-refractivity contribution < 1.29 is 0 Å². The lowest BCUT2D eigenvalue weighted by Gasteiger charge is -2.06. The highest BCUT2D eigenvalue weighted by molar-refractivity contribution is 7.09. The number of nitrogens with zero attached hydrogens (tertiary/aromatic N) is 5. The van der Waals surface area contributed by atoms with E-state index in [0.29, 0.717) is 5.82 Å². The van der Waals surface area contributed by atoms with E-state index in [0.717, 1.165) is 23.8 Å². The summed E-state index contributed by atoms with van der Waals surface area (Å²) in [5.74, 6) is 2.22. The Labute approximate surface area is 114 Å². The summed E-state index contributed by atoms with van der Waals surface area (Å²) in [6.45, 7) is 2.69. The average Bonchev–Trinajstić information content (AvgIpc) is 3.08. The lowest BCUT2D eigenvalue weighted by molar-refractivity contribution is 0.776. The van der Waals surface area contributed by atoms with Gasteiger partial charge >= 0.3 is 0 Å². The van der Waals surface area contributed by atoms with Gasteiger partial charge in [0.15, 0.2) is 5.82 Å². The molecule has 0 saturated carbocycles. The van der Waals surface area contributed by atoms with Crippen LogP contribution in [0.25, 0.3) is 11.4 Å². The smallest absolute Gasteiger partial charge is 0.169 e. The zero-order valence-electron chi connectivity index (χ0n) is 10.7. The number of nitrogen functional groups attached to an aromatic ring is 1. The Morgan fingerprint density at radius 3 is 2.84 bits per heavy atom. The SMILES string of the molecule is Cc1nnc(-c2cnn(C)c2N)n1Cc1cccs1. The summed E-state index contributed by atoms with van der Waals surface area (Å²) in [6.07, 6.45) is 1.73. The molecule has 19 heavy (non-hydrogen) atoms. The molecular formula is C12H14N6S. The average molecular weight is 274 g/mol. The zero-order chi connectivity index (χ0) is 13.4.